The van der Waals surface area contributed by atoms with Gasteiger partial charge in [-0.05, 0) is 6.92 Å². The molecule has 0 radical (unpaired) electrons. The maximum absolute atomic E-state index is 10.5. The molecule has 18 heavy (non-hydrogen) atoms. The molecule has 8 nitrogen and oxygen atoms in total. The first-order valence-corrected chi connectivity index (χ1v) is 7.17. The van der Waals surface area contributed by atoms with Gasteiger partial charge in [0.1, 0.15) is 0 Å². The number of piperazine rings is 1. The minimum atomic E-state index is -3.66. The van der Waals surface area contributed by atoms with Gasteiger partial charge in [-0.15, -0.1) is 0 Å². The number of amides is 1. The second-order valence-corrected chi connectivity index (χ2v) is 5.45. The van der Waals surface area contributed by atoms with E-state index in [4.69, 9.17) is 14.8 Å². The fraction of sp³-hybridized carbons (Fsp3) is 0.889. The molecule has 3 N–H and O–H groups in total. The molecule has 0 spiro atoms. The molecular weight excluding hydrogens is 264 g/mol. The number of aliphatic hydroxyl groups is 1. The van der Waals surface area contributed by atoms with Crippen molar-refractivity contribution in [3.63, 3.8) is 0 Å². The third-order valence-electron chi connectivity index (χ3n) is 2.42. The highest BCUT2D eigenvalue weighted by Crippen LogP contribution is 2.00. The first-order chi connectivity index (χ1) is 8.30. The molecule has 1 rings (SSSR count). The van der Waals surface area contributed by atoms with Crippen molar-refractivity contribution in [1.29, 1.82) is 0 Å². The lowest BCUT2D eigenvalue weighted by Crippen LogP contribution is -2.48. The van der Waals surface area contributed by atoms with Crippen LogP contribution in [0.3, 0.4) is 0 Å². The first kappa shape index (κ1) is 17.1. The van der Waals surface area contributed by atoms with E-state index in [1.807, 2.05) is 0 Å². The molecule has 1 aliphatic heterocycles. The zero-order valence-corrected chi connectivity index (χ0v) is 11.1. The second-order valence-electron chi connectivity index (χ2n) is 3.71. The Bertz CT molecular complexity index is 337. The van der Waals surface area contributed by atoms with Crippen molar-refractivity contribution in [2.45, 2.75) is 6.92 Å². The molecule has 1 aliphatic rings. The smallest absolute Gasteiger partial charge is 0.407 e. The summed E-state index contributed by atoms with van der Waals surface area (Å²) in [6.07, 6.45) is -0.848. The van der Waals surface area contributed by atoms with E-state index in [1.54, 1.807) is 0 Å². The number of aliphatic hydroxyl groups excluding tert-OH is 1. The zero-order chi connectivity index (χ0) is 14.2. The Morgan fingerprint density at radius 1 is 1.22 bits per heavy atom. The van der Waals surface area contributed by atoms with E-state index in [0.29, 0.717) is 19.6 Å². The summed E-state index contributed by atoms with van der Waals surface area (Å²) in [5.41, 5.74) is 0. The Balaban J connectivity index is 0.000000411. The second kappa shape index (κ2) is 8.25. The number of hydrogen-bond acceptors (Lipinski definition) is 5. The number of hydrogen-bond donors (Lipinski definition) is 3. The third kappa shape index (κ3) is 8.23. The van der Waals surface area contributed by atoms with Gasteiger partial charge in [0, 0.05) is 32.7 Å². The fourth-order valence-electron chi connectivity index (χ4n) is 1.30. The molecule has 0 unspecified atom stereocenters. The molecular formula is C9H20N2O6S. The van der Waals surface area contributed by atoms with Gasteiger partial charge in [0.05, 0.1) is 12.4 Å². The lowest BCUT2D eigenvalue weighted by atomic mass is 10.3. The van der Waals surface area contributed by atoms with E-state index in [-0.39, 0.29) is 12.4 Å². The van der Waals surface area contributed by atoms with Gasteiger partial charge in [-0.1, -0.05) is 0 Å². The van der Waals surface area contributed by atoms with Crippen LogP contribution in [0.15, 0.2) is 0 Å². The fourth-order valence-corrected chi connectivity index (χ4v) is 1.30. The predicted molar refractivity (Wildman–Crippen MR) is 65.2 cm³/mol. The van der Waals surface area contributed by atoms with Crippen LogP contribution in [0, 0.1) is 0 Å². The van der Waals surface area contributed by atoms with E-state index < -0.39 is 16.2 Å². The molecule has 0 aromatic rings. The molecule has 1 fully saturated rings. The molecule has 0 atom stereocenters. The van der Waals surface area contributed by atoms with Crippen LogP contribution in [0.5, 0.6) is 0 Å². The van der Waals surface area contributed by atoms with Crippen molar-refractivity contribution < 1.29 is 28.0 Å². The normalized spacial score (nSPS) is 16.9. The standard InChI is InChI=1S/C7H14N2O3.C2H6O3S/c10-6-5-8-1-3-9(4-2-8)7(11)12;1-2-6(3,4)5/h10H,1-6H2,(H,11,12);2H2,1H3,(H,3,4,5). The minimum Gasteiger partial charge on any atom is -0.465 e. The first-order valence-electron chi connectivity index (χ1n) is 5.56. The average Bonchev–Trinajstić information content (AvgIpc) is 2.30. The number of β-amino-alcohol motifs (C(OH)–C–C–N with tert-alkyl or cyclic N) is 1. The van der Waals surface area contributed by atoms with Gasteiger partial charge in [0.2, 0.25) is 0 Å². The zero-order valence-electron chi connectivity index (χ0n) is 10.3. The Kier molecular flexibility index (Phi) is 7.83. The van der Waals surface area contributed by atoms with E-state index in [2.05, 4.69) is 4.90 Å². The molecule has 0 bridgehead atoms. The van der Waals surface area contributed by atoms with Crippen LogP contribution in [-0.2, 0) is 10.1 Å². The van der Waals surface area contributed by atoms with Crippen LogP contribution in [-0.4, -0.2) is 84.2 Å². The van der Waals surface area contributed by atoms with Crippen molar-refractivity contribution in [2.24, 2.45) is 0 Å². The van der Waals surface area contributed by atoms with Gasteiger partial charge >= 0.3 is 6.09 Å². The molecule has 9 heteroatoms. The predicted octanol–water partition coefficient (Wildman–Crippen LogP) is -0.832. The van der Waals surface area contributed by atoms with Crippen molar-refractivity contribution in [3.8, 4) is 0 Å². The van der Waals surface area contributed by atoms with Crippen LogP contribution < -0.4 is 0 Å². The molecule has 108 valence electrons. The summed E-state index contributed by atoms with van der Waals surface area (Å²) in [4.78, 5) is 13.9. The van der Waals surface area contributed by atoms with E-state index in [0.717, 1.165) is 13.1 Å². The van der Waals surface area contributed by atoms with E-state index in [9.17, 15) is 13.2 Å². The van der Waals surface area contributed by atoms with Crippen molar-refractivity contribution in [3.05, 3.63) is 0 Å². The highest BCUT2D eigenvalue weighted by Gasteiger charge is 2.19. The summed E-state index contributed by atoms with van der Waals surface area (Å²) in [5, 5.41) is 17.2. The number of carboxylic acid groups (broad SMARTS) is 1. The van der Waals surface area contributed by atoms with Gasteiger partial charge in [-0.3, -0.25) is 9.45 Å². The molecule has 1 heterocycles. The summed E-state index contributed by atoms with van der Waals surface area (Å²) in [7, 11) is -3.66. The Morgan fingerprint density at radius 3 is 1.94 bits per heavy atom. The molecule has 0 saturated carbocycles. The van der Waals surface area contributed by atoms with Crippen molar-refractivity contribution in [2.75, 3.05) is 45.1 Å². The average molecular weight is 284 g/mol. The summed E-state index contributed by atoms with van der Waals surface area (Å²) < 4.78 is 26.9. The number of nitrogens with zero attached hydrogens (tertiary/aromatic N) is 2. The quantitative estimate of drug-likeness (QED) is 0.579. The molecule has 0 aromatic heterocycles. The van der Waals surface area contributed by atoms with E-state index >= 15 is 0 Å². The topological polar surface area (TPSA) is 118 Å². The van der Waals surface area contributed by atoms with Gasteiger partial charge < -0.3 is 15.1 Å². The Morgan fingerprint density at radius 2 is 1.67 bits per heavy atom. The van der Waals surface area contributed by atoms with Gasteiger partial charge in [-0.25, -0.2) is 4.79 Å². The maximum Gasteiger partial charge on any atom is 0.407 e. The number of carbonyl (C=O) groups is 1. The Labute approximate surface area is 107 Å². The lowest BCUT2D eigenvalue weighted by molar-refractivity contribution is 0.0964. The van der Waals surface area contributed by atoms with Crippen LogP contribution in [0.4, 0.5) is 4.79 Å². The van der Waals surface area contributed by atoms with Crippen LogP contribution in [0.2, 0.25) is 0 Å². The van der Waals surface area contributed by atoms with Gasteiger partial charge in [0.15, 0.2) is 0 Å². The van der Waals surface area contributed by atoms with Gasteiger partial charge in [-0.2, -0.15) is 8.42 Å². The maximum atomic E-state index is 10.5. The van der Waals surface area contributed by atoms with Crippen molar-refractivity contribution >= 4 is 16.2 Å². The monoisotopic (exact) mass is 284 g/mol. The molecule has 1 amide bonds. The molecule has 1 saturated heterocycles. The summed E-state index contributed by atoms with van der Waals surface area (Å²) in [6, 6.07) is 0. The van der Waals surface area contributed by atoms with Crippen LogP contribution in [0.1, 0.15) is 6.92 Å². The summed E-state index contributed by atoms with van der Waals surface area (Å²) in [5.74, 6) is -0.201. The van der Waals surface area contributed by atoms with Crippen LogP contribution in [0.25, 0.3) is 0 Å². The molecule has 0 aliphatic carbocycles. The SMILES string of the molecule is CCS(=O)(=O)O.O=C(O)N1CCN(CCO)CC1. The number of rotatable bonds is 3. The summed E-state index contributed by atoms with van der Waals surface area (Å²) in [6.45, 7) is 4.72. The Hall–Kier alpha value is -0.900. The summed E-state index contributed by atoms with van der Waals surface area (Å²) >= 11 is 0. The minimum absolute atomic E-state index is 0.146. The highest BCUT2D eigenvalue weighted by atomic mass is 32.2. The lowest BCUT2D eigenvalue weighted by Gasteiger charge is -2.32. The molecule has 0 aromatic carbocycles. The largest absolute Gasteiger partial charge is 0.465 e. The highest BCUT2D eigenvalue weighted by molar-refractivity contribution is 7.85. The third-order valence-corrected chi connectivity index (χ3v) is 3.15. The van der Waals surface area contributed by atoms with Gasteiger partial charge in [0.25, 0.3) is 10.1 Å². The van der Waals surface area contributed by atoms with Crippen LogP contribution >= 0.6 is 0 Å². The van der Waals surface area contributed by atoms with E-state index in [1.165, 1.54) is 11.8 Å². The van der Waals surface area contributed by atoms with Crippen molar-refractivity contribution in [1.82, 2.24) is 9.80 Å².